The number of nitrogens with zero attached hydrogens (tertiary/aromatic N) is 4. The fraction of sp³-hybridized carbons (Fsp3) is 0.391. The third kappa shape index (κ3) is 5.27. The van der Waals surface area contributed by atoms with Crippen molar-refractivity contribution in [3.8, 4) is 17.3 Å². The molecule has 4 rings (SSSR count). The predicted octanol–water partition coefficient (Wildman–Crippen LogP) is 3.51. The van der Waals surface area contributed by atoms with Gasteiger partial charge in [-0.15, -0.1) is 0 Å². The average molecular weight is 422 g/mol. The summed E-state index contributed by atoms with van der Waals surface area (Å²) in [5, 5.41) is 3.98. The van der Waals surface area contributed by atoms with Crippen LogP contribution in [0.5, 0.6) is 5.75 Å². The Morgan fingerprint density at radius 1 is 1.26 bits per heavy atom. The highest BCUT2D eigenvalue weighted by Gasteiger charge is 2.29. The van der Waals surface area contributed by atoms with Gasteiger partial charge in [0.05, 0.1) is 19.8 Å². The lowest BCUT2D eigenvalue weighted by Gasteiger charge is -2.31. The number of ether oxygens (including phenoxy) is 2. The topological polar surface area (TPSA) is 90.6 Å². The smallest absolute Gasteiger partial charge is 0.257 e. The van der Waals surface area contributed by atoms with Crippen molar-refractivity contribution in [1.82, 2.24) is 20.0 Å². The summed E-state index contributed by atoms with van der Waals surface area (Å²) in [6.45, 7) is 5.95. The molecule has 1 aromatic carbocycles. The minimum atomic E-state index is -0.436. The molecule has 8 nitrogen and oxygen atoms in total. The highest BCUT2D eigenvalue weighted by molar-refractivity contribution is 5.76. The van der Waals surface area contributed by atoms with Gasteiger partial charge in [0.2, 0.25) is 11.7 Å². The zero-order chi connectivity index (χ0) is 21.6. The second-order valence-electron chi connectivity index (χ2n) is 7.59. The molecule has 0 saturated carbocycles. The minimum absolute atomic E-state index is 0.0713. The highest BCUT2D eigenvalue weighted by Crippen LogP contribution is 2.24. The standard InChI is InChI=1S/C23H26N4O4/c1-16-8-9-19(17(2)14-16)29-12-5-7-21(28)27-11-13-30-20(15-27)23-25-22(26-31-23)18-6-3-4-10-24-18/h3-4,6,8-10,14,20H,5,7,11-13,15H2,1-2H3. The van der Waals surface area contributed by atoms with Crippen LogP contribution in [0.1, 0.15) is 36.0 Å². The van der Waals surface area contributed by atoms with Gasteiger partial charge < -0.3 is 18.9 Å². The Morgan fingerprint density at radius 2 is 2.16 bits per heavy atom. The Kier molecular flexibility index (Phi) is 6.57. The Bertz CT molecular complexity index is 1020. The van der Waals surface area contributed by atoms with Crippen molar-refractivity contribution in [2.45, 2.75) is 32.8 Å². The molecule has 1 atom stereocenters. The van der Waals surface area contributed by atoms with E-state index in [4.69, 9.17) is 14.0 Å². The van der Waals surface area contributed by atoms with Crippen LogP contribution < -0.4 is 4.74 Å². The largest absolute Gasteiger partial charge is 0.493 e. The molecule has 1 unspecified atom stereocenters. The van der Waals surface area contributed by atoms with Gasteiger partial charge in [-0.3, -0.25) is 9.78 Å². The van der Waals surface area contributed by atoms with E-state index in [1.165, 1.54) is 5.56 Å². The maximum atomic E-state index is 12.7. The highest BCUT2D eigenvalue weighted by atomic mass is 16.5. The van der Waals surface area contributed by atoms with Crippen molar-refractivity contribution in [3.05, 3.63) is 59.6 Å². The fourth-order valence-corrected chi connectivity index (χ4v) is 3.52. The molecule has 2 aromatic heterocycles. The van der Waals surface area contributed by atoms with E-state index in [9.17, 15) is 4.79 Å². The molecule has 1 saturated heterocycles. The number of hydrogen-bond donors (Lipinski definition) is 0. The lowest BCUT2D eigenvalue weighted by molar-refractivity contribution is -0.140. The number of aromatic nitrogens is 3. The lowest BCUT2D eigenvalue weighted by Crippen LogP contribution is -2.42. The van der Waals surface area contributed by atoms with Crippen LogP contribution in [0, 0.1) is 13.8 Å². The van der Waals surface area contributed by atoms with Gasteiger partial charge in [0.15, 0.2) is 6.10 Å². The molecule has 162 valence electrons. The molecule has 0 spiro atoms. The Balaban J connectivity index is 1.27. The van der Waals surface area contributed by atoms with Crippen LogP contribution in [-0.4, -0.2) is 52.2 Å². The fourth-order valence-electron chi connectivity index (χ4n) is 3.52. The van der Waals surface area contributed by atoms with E-state index in [1.54, 1.807) is 11.1 Å². The average Bonchev–Trinajstić information content (AvgIpc) is 3.29. The summed E-state index contributed by atoms with van der Waals surface area (Å²) < 4.78 is 17.0. The van der Waals surface area contributed by atoms with Gasteiger partial charge in [0, 0.05) is 19.2 Å². The summed E-state index contributed by atoms with van der Waals surface area (Å²) in [6, 6.07) is 11.6. The summed E-state index contributed by atoms with van der Waals surface area (Å²) in [5.74, 6) is 1.70. The molecule has 0 radical (unpaired) electrons. The molecule has 1 fully saturated rings. The number of benzene rings is 1. The zero-order valence-corrected chi connectivity index (χ0v) is 17.8. The maximum Gasteiger partial charge on any atom is 0.257 e. The Morgan fingerprint density at radius 3 is 2.97 bits per heavy atom. The van der Waals surface area contributed by atoms with Gasteiger partial charge in [-0.1, -0.05) is 28.9 Å². The summed E-state index contributed by atoms with van der Waals surface area (Å²) in [6.07, 6.45) is 2.31. The second-order valence-corrected chi connectivity index (χ2v) is 7.59. The van der Waals surface area contributed by atoms with E-state index in [2.05, 4.69) is 28.1 Å². The molecule has 0 N–H and O–H groups in total. The third-order valence-corrected chi connectivity index (χ3v) is 5.15. The molecule has 1 aliphatic heterocycles. The van der Waals surface area contributed by atoms with Crippen LogP contribution in [0.4, 0.5) is 0 Å². The minimum Gasteiger partial charge on any atom is -0.493 e. The number of carbonyl (C=O) groups is 1. The molecule has 0 aliphatic carbocycles. The van der Waals surface area contributed by atoms with Crippen LogP contribution >= 0.6 is 0 Å². The van der Waals surface area contributed by atoms with E-state index < -0.39 is 6.10 Å². The van der Waals surface area contributed by atoms with Crippen molar-refractivity contribution in [3.63, 3.8) is 0 Å². The number of pyridine rings is 1. The lowest BCUT2D eigenvalue weighted by atomic mass is 10.1. The first kappa shape index (κ1) is 21.0. The Hall–Kier alpha value is -3.26. The van der Waals surface area contributed by atoms with E-state index in [0.717, 1.165) is 11.3 Å². The van der Waals surface area contributed by atoms with Gasteiger partial charge in [0.25, 0.3) is 5.89 Å². The van der Waals surface area contributed by atoms with Crippen LogP contribution in [0.3, 0.4) is 0 Å². The van der Waals surface area contributed by atoms with Crippen LogP contribution in [0.25, 0.3) is 11.5 Å². The van der Waals surface area contributed by atoms with E-state index in [0.29, 0.717) is 56.6 Å². The normalized spacial score (nSPS) is 16.3. The van der Waals surface area contributed by atoms with Gasteiger partial charge in [-0.2, -0.15) is 4.98 Å². The van der Waals surface area contributed by atoms with Gasteiger partial charge in [0.1, 0.15) is 11.4 Å². The SMILES string of the molecule is Cc1ccc(OCCCC(=O)N2CCOC(c3nc(-c4ccccn4)no3)C2)c(C)c1. The van der Waals surface area contributed by atoms with Crippen molar-refractivity contribution >= 4 is 5.91 Å². The summed E-state index contributed by atoms with van der Waals surface area (Å²) in [7, 11) is 0. The molecule has 8 heteroatoms. The number of amides is 1. The first-order valence-electron chi connectivity index (χ1n) is 10.4. The number of aryl methyl sites for hydroxylation is 2. The Labute approximate surface area is 181 Å². The number of morpholine rings is 1. The van der Waals surface area contributed by atoms with E-state index >= 15 is 0 Å². The first-order chi connectivity index (χ1) is 15.1. The molecule has 1 aliphatic rings. The maximum absolute atomic E-state index is 12.7. The van der Waals surface area contributed by atoms with Crippen molar-refractivity contribution in [2.24, 2.45) is 0 Å². The molecule has 3 aromatic rings. The molecular weight excluding hydrogens is 396 g/mol. The first-order valence-corrected chi connectivity index (χ1v) is 10.4. The van der Waals surface area contributed by atoms with Crippen LogP contribution in [0.2, 0.25) is 0 Å². The quantitative estimate of drug-likeness (QED) is 0.538. The zero-order valence-electron chi connectivity index (χ0n) is 17.8. The molecular formula is C23H26N4O4. The summed E-state index contributed by atoms with van der Waals surface area (Å²) >= 11 is 0. The van der Waals surface area contributed by atoms with E-state index in [-0.39, 0.29) is 5.91 Å². The van der Waals surface area contributed by atoms with Gasteiger partial charge in [-0.25, -0.2) is 0 Å². The van der Waals surface area contributed by atoms with Gasteiger partial charge in [-0.05, 0) is 44.0 Å². The number of rotatable bonds is 7. The monoisotopic (exact) mass is 422 g/mol. The van der Waals surface area contributed by atoms with Crippen molar-refractivity contribution < 1.29 is 18.8 Å². The summed E-state index contributed by atoms with van der Waals surface area (Å²) in [4.78, 5) is 23.1. The molecule has 1 amide bonds. The van der Waals surface area contributed by atoms with Crippen molar-refractivity contribution in [2.75, 3.05) is 26.3 Å². The molecule has 0 bridgehead atoms. The predicted molar refractivity (Wildman–Crippen MR) is 113 cm³/mol. The van der Waals surface area contributed by atoms with Crippen LogP contribution in [0.15, 0.2) is 47.1 Å². The van der Waals surface area contributed by atoms with Crippen LogP contribution in [-0.2, 0) is 9.53 Å². The number of carbonyl (C=O) groups excluding carboxylic acids is 1. The van der Waals surface area contributed by atoms with Gasteiger partial charge >= 0.3 is 0 Å². The second kappa shape index (κ2) is 9.70. The van der Waals surface area contributed by atoms with Crippen molar-refractivity contribution in [1.29, 1.82) is 0 Å². The molecule has 31 heavy (non-hydrogen) atoms. The number of hydrogen-bond acceptors (Lipinski definition) is 7. The van der Waals surface area contributed by atoms with E-state index in [1.807, 2.05) is 37.3 Å². The molecule has 3 heterocycles. The third-order valence-electron chi connectivity index (χ3n) is 5.15. The summed E-state index contributed by atoms with van der Waals surface area (Å²) in [5.41, 5.74) is 2.94.